The van der Waals surface area contributed by atoms with Crippen molar-refractivity contribution in [1.82, 2.24) is 19.9 Å². The molecule has 0 saturated carbocycles. The van der Waals surface area contributed by atoms with Crippen LogP contribution in [-0.2, 0) is 12.4 Å². The summed E-state index contributed by atoms with van der Waals surface area (Å²) in [4.78, 5) is 15.5. The third-order valence-electron chi connectivity index (χ3n) is 3.63. The summed E-state index contributed by atoms with van der Waals surface area (Å²) >= 11 is 4.87. The van der Waals surface area contributed by atoms with E-state index in [4.69, 9.17) is 12.2 Å². The maximum Gasteiger partial charge on any atom is 0.433 e. The normalized spacial score (nSPS) is 12.1. The summed E-state index contributed by atoms with van der Waals surface area (Å²) in [6.45, 7) is 0. The summed E-state index contributed by atoms with van der Waals surface area (Å²) < 4.78 is 91.4. The SMILES string of the molecule is O=C(NC(=S)Nc1ccc(F)cc1)c1cnn2c(C(F)(F)F)cc(C(F)(F)F)nc12. The maximum atomic E-state index is 13.2. The molecule has 0 aliphatic heterocycles. The van der Waals surface area contributed by atoms with Gasteiger partial charge in [0.25, 0.3) is 5.91 Å². The minimum Gasteiger partial charge on any atom is -0.332 e. The van der Waals surface area contributed by atoms with Crippen LogP contribution in [0.1, 0.15) is 21.7 Å². The molecular weight excluding hydrogens is 443 g/mol. The first-order valence-corrected chi connectivity index (χ1v) is 8.18. The largest absolute Gasteiger partial charge is 0.433 e. The molecule has 0 bridgehead atoms. The monoisotopic (exact) mass is 451 g/mol. The van der Waals surface area contributed by atoms with Gasteiger partial charge in [-0.25, -0.2) is 13.9 Å². The van der Waals surface area contributed by atoms with Crippen molar-refractivity contribution >= 4 is 34.6 Å². The Morgan fingerprint density at radius 3 is 2.23 bits per heavy atom. The summed E-state index contributed by atoms with van der Waals surface area (Å²) in [6.07, 6.45) is -9.76. The third kappa shape index (κ3) is 4.48. The Kier molecular flexibility index (Phi) is 5.36. The number of rotatable bonds is 2. The van der Waals surface area contributed by atoms with E-state index in [1.165, 1.54) is 12.1 Å². The molecule has 158 valence electrons. The van der Waals surface area contributed by atoms with Crippen LogP contribution in [0, 0.1) is 5.82 Å². The van der Waals surface area contributed by atoms with Gasteiger partial charge in [0.1, 0.15) is 17.1 Å². The molecule has 3 aromatic rings. The Labute approximate surface area is 167 Å². The smallest absolute Gasteiger partial charge is 0.332 e. The van der Waals surface area contributed by atoms with Crippen LogP contribution in [0.3, 0.4) is 0 Å². The zero-order valence-corrected chi connectivity index (χ0v) is 15.1. The highest BCUT2D eigenvalue weighted by atomic mass is 32.1. The van der Waals surface area contributed by atoms with Crippen LogP contribution in [0.15, 0.2) is 36.5 Å². The van der Waals surface area contributed by atoms with E-state index in [9.17, 15) is 35.5 Å². The number of hydrogen-bond acceptors (Lipinski definition) is 4. The molecule has 2 N–H and O–H groups in total. The highest BCUT2D eigenvalue weighted by Crippen LogP contribution is 2.35. The molecule has 14 heteroatoms. The van der Waals surface area contributed by atoms with Gasteiger partial charge in [-0.1, -0.05) is 0 Å². The molecule has 0 aliphatic carbocycles. The van der Waals surface area contributed by atoms with Crippen LogP contribution in [0.2, 0.25) is 0 Å². The number of fused-ring (bicyclic) bond motifs is 1. The molecule has 2 aromatic heterocycles. The van der Waals surface area contributed by atoms with Gasteiger partial charge in [-0.3, -0.25) is 10.1 Å². The number of benzene rings is 1. The van der Waals surface area contributed by atoms with E-state index < -0.39 is 46.7 Å². The van der Waals surface area contributed by atoms with Gasteiger partial charge >= 0.3 is 12.4 Å². The van der Waals surface area contributed by atoms with E-state index >= 15 is 0 Å². The van der Waals surface area contributed by atoms with Gasteiger partial charge in [0.05, 0.1) is 6.20 Å². The highest BCUT2D eigenvalue weighted by molar-refractivity contribution is 7.80. The van der Waals surface area contributed by atoms with Crippen molar-refractivity contribution in [2.24, 2.45) is 0 Å². The lowest BCUT2D eigenvalue weighted by atomic mass is 10.2. The molecule has 0 unspecified atom stereocenters. The molecule has 0 fully saturated rings. The molecule has 1 aromatic carbocycles. The number of anilines is 1. The van der Waals surface area contributed by atoms with Crippen LogP contribution in [-0.4, -0.2) is 25.6 Å². The van der Waals surface area contributed by atoms with Gasteiger partial charge in [0, 0.05) is 5.69 Å². The van der Waals surface area contributed by atoms with Crippen molar-refractivity contribution in [2.45, 2.75) is 12.4 Å². The fraction of sp³-hybridized carbons (Fsp3) is 0.125. The molecule has 0 spiro atoms. The summed E-state index contributed by atoms with van der Waals surface area (Å²) in [7, 11) is 0. The van der Waals surface area contributed by atoms with E-state index in [2.05, 4.69) is 20.7 Å². The maximum absolute atomic E-state index is 13.2. The second-order valence-electron chi connectivity index (χ2n) is 5.73. The number of nitrogens with zero attached hydrogens (tertiary/aromatic N) is 3. The first kappa shape index (κ1) is 21.4. The number of hydrogen-bond donors (Lipinski definition) is 2. The molecule has 0 aliphatic rings. The highest BCUT2D eigenvalue weighted by Gasteiger charge is 2.41. The molecular formula is C16H8F7N5OS. The Balaban J connectivity index is 1.94. The molecule has 0 atom stereocenters. The van der Waals surface area contributed by atoms with Crippen molar-refractivity contribution in [3.05, 3.63) is 59.3 Å². The minimum atomic E-state index is -5.20. The number of halogens is 7. The second kappa shape index (κ2) is 7.51. The van der Waals surface area contributed by atoms with Crippen molar-refractivity contribution < 1.29 is 35.5 Å². The van der Waals surface area contributed by atoms with Crippen molar-refractivity contribution in [2.75, 3.05) is 5.32 Å². The lowest BCUT2D eigenvalue weighted by Gasteiger charge is -2.13. The van der Waals surface area contributed by atoms with Gasteiger partial charge in [-0.15, -0.1) is 0 Å². The number of carbonyl (C=O) groups excluding carboxylic acids is 1. The number of nitrogens with one attached hydrogen (secondary N) is 2. The van der Waals surface area contributed by atoms with Gasteiger partial charge in [-0.2, -0.15) is 31.4 Å². The van der Waals surface area contributed by atoms with E-state index in [1.807, 2.05) is 0 Å². The number of thiocarbonyl (C=S) groups is 1. The molecule has 2 heterocycles. The van der Waals surface area contributed by atoms with Crippen LogP contribution >= 0.6 is 12.2 Å². The molecule has 0 saturated heterocycles. The van der Waals surface area contributed by atoms with Gasteiger partial charge in [0.2, 0.25) is 0 Å². The Hall–Kier alpha value is -3.29. The van der Waals surface area contributed by atoms with Crippen LogP contribution in [0.25, 0.3) is 5.65 Å². The van der Waals surface area contributed by atoms with E-state index in [-0.39, 0.29) is 21.4 Å². The van der Waals surface area contributed by atoms with Crippen molar-refractivity contribution in [3.63, 3.8) is 0 Å². The van der Waals surface area contributed by atoms with Crippen molar-refractivity contribution in [3.8, 4) is 0 Å². The summed E-state index contributed by atoms with van der Waals surface area (Å²) in [5, 5.41) is 7.58. The number of amides is 1. The lowest BCUT2D eigenvalue weighted by Crippen LogP contribution is -2.34. The van der Waals surface area contributed by atoms with E-state index in [0.29, 0.717) is 6.20 Å². The Morgan fingerprint density at radius 1 is 1.03 bits per heavy atom. The first-order valence-electron chi connectivity index (χ1n) is 7.77. The van der Waals surface area contributed by atoms with E-state index in [0.717, 1.165) is 12.1 Å². The fourth-order valence-corrected chi connectivity index (χ4v) is 2.55. The van der Waals surface area contributed by atoms with Gasteiger partial charge in [0.15, 0.2) is 16.5 Å². The topological polar surface area (TPSA) is 71.3 Å². The molecule has 30 heavy (non-hydrogen) atoms. The first-order chi connectivity index (χ1) is 13.9. The van der Waals surface area contributed by atoms with Gasteiger partial charge < -0.3 is 5.32 Å². The number of carbonyl (C=O) groups is 1. The molecule has 3 rings (SSSR count). The van der Waals surface area contributed by atoms with E-state index in [1.54, 1.807) is 0 Å². The molecule has 1 amide bonds. The Morgan fingerprint density at radius 2 is 1.67 bits per heavy atom. The predicted octanol–water partition coefficient (Wildman–Crippen LogP) is 4.03. The summed E-state index contributed by atoms with van der Waals surface area (Å²) in [5.74, 6) is -1.68. The zero-order valence-electron chi connectivity index (χ0n) is 14.3. The van der Waals surface area contributed by atoms with Crippen LogP contribution < -0.4 is 10.6 Å². The molecule has 0 radical (unpaired) electrons. The minimum absolute atomic E-state index is 0.0839. The zero-order chi connectivity index (χ0) is 22.3. The third-order valence-corrected chi connectivity index (χ3v) is 3.83. The quantitative estimate of drug-likeness (QED) is 0.455. The van der Waals surface area contributed by atoms with Crippen LogP contribution in [0.5, 0.6) is 0 Å². The lowest BCUT2D eigenvalue weighted by molar-refractivity contribution is -0.148. The number of alkyl halides is 6. The Bertz CT molecular complexity index is 1120. The van der Waals surface area contributed by atoms with Crippen LogP contribution in [0.4, 0.5) is 36.4 Å². The molecule has 6 nitrogen and oxygen atoms in total. The number of aromatic nitrogens is 3. The average molecular weight is 451 g/mol. The predicted molar refractivity (Wildman–Crippen MR) is 93.1 cm³/mol. The van der Waals surface area contributed by atoms with Gasteiger partial charge in [-0.05, 0) is 42.5 Å². The average Bonchev–Trinajstić information content (AvgIpc) is 3.05. The summed E-state index contributed by atoms with van der Waals surface area (Å²) in [6, 6.07) is 4.56. The van der Waals surface area contributed by atoms with Crippen molar-refractivity contribution in [1.29, 1.82) is 0 Å². The standard InChI is InChI=1S/C16H8F7N5OS/c17-7-1-3-8(4-2-7)25-14(30)27-13(29)9-6-24-28-11(16(21,22)23)5-10(15(18,19)20)26-12(9)28/h1-6H,(H2,25,27,29,30). The second-order valence-corrected chi connectivity index (χ2v) is 6.14. The fourth-order valence-electron chi connectivity index (χ4n) is 2.34. The summed E-state index contributed by atoms with van der Waals surface area (Å²) in [5.41, 5.74) is -4.96.